The average molecular weight is 478 g/mol. The van der Waals surface area contributed by atoms with Crippen molar-refractivity contribution in [3.05, 3.63) is 83.9 Å². The molecule has 3 atom stereocenters. The molecule has 3 unspecified atom stereocenters. The van der Waals surface area contributed by atoms with Crippen LogP contribution in [0.15, 0.2) is 67.0 Å². The average Bonchev–Trinajstić information content (AvgIpc) is 3.28. The summed E-state index contributed by atoms with van der Waals surface area (Å²) >= 11 is 0. The van der Waals surface area contributed by atoms with Gasteiger partial charge in [0, 0.05) is 24.5 Å². The Labute approximate surface area is 209 Å². The number of hydrogen-bond acceptors (Lipinski definition) is 5. The first-order valence-corrected chi connectivity index (χ1v) is 12.1. The second-order valence-corrected chi connectivity index (χ2v) is 9.78. The molecule has 1 aliphatic heterocycles. The number of aliphatic hydroxyl groups is 1. The van der Waals surface area contributed by atoms with Crippen molar-refractivity contribution in [1.82, 2.24) is 19.3 Å². The van der Waals surface area contributed by atoms with Crippen molar-refractivity contribution in [3.63, 3.8) is 0 Å². The molecule has 0 bridgehead atoms. The van der Waals surface area contributed by atoms with E-state index in [-0.39, 0.29) is 5.91 Å². The molecule has 1 aliphatic carbocycles. The molecule has 0 spiro atoms. The number of nitrogen functional groups attached to an aromatic ring is 1. The lowest BCUT2D eigenvalue weighted by atomic mass is 9.87. The van der Waals surface area contributed by atoms with Crippen LogP contribution in [0.4, 0.5) is 5.82 Å². The first kappa shape index (κ1) is 22.3. The molecule has 2 aliphatic rings. The second-order valence-electron chi connectivity index (χ2n) is 9.78. The van der Waals surface area contributed by atoms with Crippen LogP contribution in [0.25, 0.3) is 16.8 Å². The van der Waals surface area contributed by atoms with Gasteiger partial charge in [-0.3, -0.25) is 9.20 Å². The highest BCUT2D eigenvalue weighted by Gasteiger charge is 2.66. The number of carbonyl (C=O) groups excluding carboxylic acids is 1. The lowest BCUT2D eigenvalue weighted by Crippen LogP contribution is -2.38. The van der Waals surface area contributed by atoms with E-state index in [0.29, 0.717) is 24.0 Å². The van der Waals surface area contributed by atoms with Crippen molar-refractivity contribution in [2.45, 2.75) is 37.8 Å². The van der Waals surface area contributed by atoms with Gasteiger partial charge in [-0.15, -0.1) is 0 Å². The van der Waals surface area contributed by atoms with Crippen molar-refractivity contribution in [2.75, 3.05) is 12.3 Å². The number of imidazole rings is 1. The highest BCUT2D eigenvalue weighted by atomic mass is 16.3. The van der Waals surface area contributed by atoms with Gasteiger partial charge in [0.2, 0.25) is 0 Å². The van der Waals surface area contributed by atoms with Gasteiger partial charge in [0.05, 0.1) is 0 Å². The highest BCUT2D eigenvalue weighted by molar-refractivity contribution is 5.95. The minimum absolute atomic E-state index is 0.162. The number of piperidine rings is 1. The fraction of sp³-hybridized carbons (Fsp3) is 0.276. The second kappa shape index (κ2) is 7.94. The number of carbonyl (C=O) groups is 1. The minimum atomic E-state index is -1.13. The topological polar surface area (TPSA) is 96.8 Å². The maximum Gasteiger partial charge on any atom is 0.299 e. The van der Waals surface area contributed by atoms with Crippen LogP contribution in [0.2, 0.25) is 0 Å². The Bertz CT molecular complexity index is 1550. The van der Waals surface area contributed by atoms with E-state index in [1.807, 2.05) is 70.1 Å². The van der Waals surface area contributed by atoms with Crippen LogP contribution >= 0.6 is 0 Å². The smallest absolute Gasteiger partial charge is 0.299 e. The number of aromatic nitrogens is 3. The Morgan fingerprint density at radius 1 is 1.17 bits per heavy atom. The summed E-state index contributed by atoms with van der Waals surface area (Å²) in [6, 6.07) is 17.3. The molecule has 2 aromatic carbocycles. The largest absolute Gasteiger partial charge is 0.382 e. The molecule has 3 heterocycles. The predicted octanol–water partition coefficient (Wildman–Crippen LogP) is 3.71. The quantitative estimate of drug-likeness (QED) is 0.437. The molecule has 180 valence electrons. The van der Waals surface area contributed by atoms with Crippen molar-refractivity contribution in [1.29, 1.82) is 0 Å². The first-order chi connectivity index (χ1) is 17.4. The maximum absolute atomic E-state index is 12.8. The highest BCUT2D eigenvalue weighted by Crippen LogP contribution is 2.62. The summed E-state index contributed by atoms with van der Waals surface area (Å²) in [5.74, 6) is 6.83. The van der Waals surface area contributed by atoms with Gasteiger partial charge in [0.1, 0.15) is 34.0 Å². The molecule has 7 heteroatoms. The zero-order chi connectivity index (χ0) is 25.1. The monoisotopic (exact) mass is 477 g/mol. The number of hydrogen-bond donors (Lipinski definition) is 2. The Balaban J connectivity index is 1.45. The standard InChI is InChI=1S/C29H27N5O2/c1-3-7-23(35)34-16-14-22-18-29(22,34)27-32-24(25-26(30)31-15-17-33(25)27)19-10-12-21(13-11-19)28(2,36)20-8-5-4-6-9-20/h4-6,8-13,15,17,22,36H,14,16,18H2,1-2H3,(H2,30,31). The van der Waals surface area contributed by atoms with Gasteiger partial charge < -0.3 is 15.7 Å². The third kappa shape index (κ3) is 3.15. The number of amides is 1. The predicted molar refractivity (Wildman–Crippen MR) is 138 cm³/mol. The summed E-state index contributed by atoms with van der Waals surface area (Å²) in [5.41, 5.74) is 8.66. The zero-order valence-corrected chi connectivity index (χ0v) is 20.3. The fourth-order valence-corrected chi connectivity index (χ4v) is 5.78. The molecule has 1 amide bonds. The lowest BCUT2D eigenvalue weighted by Gasteiger charge is -2.25. The van der Waals surface area contributed by atoms with Crippen molar-refractivity contribution in [2.24, 2.45) is 5.92 Å². The fourth-order valence-electron chi connectivity index (χ4n) is 5.78. The SMILES string of the molecule is CC#CC(=O)N1CCC2CC21c1nc(-c2ccc(C(C)(O)c3ccccc3)cc2)c2c(N)nccn12. The molecule has 4 aromatic rings. The lowest BCUT2D eigenvalue weighted by molar-refractivity contribution is -0.127. The van der Waals surface area contributed by atoms with Gasteiger partial charge in [-0.2, -0.15) is 0 Å². The van der Waals surface area contributed by atoms with E-state index in [9.17, 15) is 9.90 Å². The summed E-state index contributed by atoms with van der Waals surface area (Å²) in [6.45, 7) is 4.14. The van der Waals surface area contributed by atoms with Crippen LogP contribution in [0, 0.1) is 17.8 Å². The summed E-state index contributed by atoms with van der Waals surface area (Å²) < 4.78 is 1.98. The molecule has 2 fully saturated rings. The number of fused-ring (bicyclic) bond motifs is 2. The third-order valence-electron chi connectivity index (χ3n) is 7.76. The molecule has 1 saturated heterocycles. The number of benzene rings is 2. The number of nitrogens with two attached hydrogens (primary N) is 1. The molecule has 2 aromatic heterocycles. The molecule has 36 heavy (non-hydrogen) atoms. The summed E-state index contributed by atoms with van der Waals surface area (Å²) in [5, 5.41) is 11.2. The minimum Gasteiger partial charge on any atom is -0.382 e. The van der Waals surface area contributed by atoms with Gasteiger partial charge in [0.25, 0.3) is 5.91 Å². The van der Waals surface area contributed by atoms with Crippen LogP contribution in [0.3, 0.4) is 0 Å². The Morgan fingerprint density at radius 2 is 1.89 bits per heavy atom. The van der Waals surface area contributed by atoms with Gasteiger partial charge in [-0.25, -0.2) is 9.97 Å². The Morgan fingerprint density at radius 3 is 2.58 bits per heavy atom. The van der Waals surface area contributed by atoms with E-state index in [0.717, 1.165) is 40.9 Å². The van der Waals surface area contributed by atoms with E-state index in [4.69, 9.17) is 10.7 Å². The van der Waals surface area contributed by atoms with E-state index in [1.54, 1.807) is 20.0 Å². The maximum atomic E-state index is 12.8. The number of rotatable bonds is 4. The van der Waals surface area contributed by atoms with Crippen molar-refractivity contribution < 1.29 is 9.90 Å². The number of likely N-dealkylation sites (tertiary alicyclic amines) is 1. The Hall–Kier alpha value is -4.15. The molecular weight excluding hydrogens is 450 g/mol. The zero-order valence-electron chi connectivity index (χ0n) is 20.3. The molecule has 6 rings (SSSR count). The van der Waals surface area contributed by atoms with Crippen LogP contribution in [-0.4, -0.2) is 36.8 Å². The summed E-state index contributed by atoms with van der Waals surface area (Å²) in [6.07, 6.45) is 5.33. The molecule has 0 radical (unpaired) electrons. The van der Waals surface area contributed by atoms with Crippen LogP contribution in [0.5, 0.6) is 0 Å². The Kier molecular flexibility index (Phi) is 4.92. The summed E-state index contributed by atoms with van der Waals surface area (Å²) in [7, 11) is 0. The van der Waals surface area contributed by atoms with Gasteiger partial charge in [-0.1, -0.05) is 60.5 Å². The molecule has 3 N–H and O–H groups in total. The number of anilines is 1. The van der Waals surface area contributed by atoms with Crippen LogP contribution in [0.1, 0.15) is 43.6 Å². The van der Waals surface area contributed by atoms with Gasteiger partial charge in [0.15, 0.2) is 0 Å². The summed E-state index contributed by atoms with van der Waals surface area (Å²) in [4.78, 5) is 24.1. The van der Waals surface area contributed by atoms with E-state index < -0.39 is 11.1 Å². The molecule has 1 saturated carbocycles. The van der Waals surface area contributed by atoms with E-state index in [2.05, 4.69) is 16.8 Å². The molecule has 7 nitrogen and oxygen atoms in total. The number of nitrogens with zero attached hydrogens (tertiary/aromatic N) is 4. The molecular formula is C29H27N5O2. The normalized spacial score (nSPS) is 22.0. The van der Waals surface area contributed by atoms with Crippen molar-refractivity contribution in [3.8, 4) is 23.1 Å². The van der Waals surface area contributed by atoms with Crippen LogP contribution in [-0.2, 0) is 15.9 Å². The first-order valence-electron chi connectivity index (χ1n) is 12.1. The van der Waals surface area contributed by atoms with Crippen LogP contribution < -0.4 is 5.73 Å². The van der Waals surface area contributed by atoms with E-state index in [1.165, 1.54) is 0 Å². The third-order valence-corrected chi connectivity index (χ3v) is 7.76. The van der Waals surface area contributed by atoms with E-state index >= 15 is 0 Å². The van der Waals surface area contributed by atoms with Gasteiger partial charge in [-0.05, 0) is 49.7 Å². The van der Waals surface area contributed by atoms with Gasteiger partial charge >= 0.3 is 0 Å². The van der Waals surface area contributed by atoms with Crippen molar-refractivity contribution >= 4 is 17.2 Å².